The van der Waals surface area contributed by atoms with Gasteiger partial charge in [-0.1, -0.05) is 18.2 Å². The minimum Gasteiger partial charge on any atom is -0.332 e. The lowest BCUT2D eigenvalue weighted by Crippen LogP contribution is -2.33. The number of halogens is 1. The van der Waals surface area contributed by atoms with Crippen LogP contribution in [0.25, 0.3) is 16.7 Å². The SMILES string of the molecule is O=C(CCCCl)NC(=S)Nc1ccc2nn(-c3ccccc3)nc2c1. The summed E-state index contributed by atoms with van der Waals surface area (Å²) in [6, 6.07) is 15.2. The Kier molecular flexibility index (Phi) is 5.57. The number of carbonyl (C=O) groups excluding carboxylic acids is 1. The van der Waals surface area contributed by atoms with Gasteiger partial charge in [0.1, 0.15) is 11.0 Å². The number of nitrogens with one attached hydrogen (secondary N) is 2. The molecule has 0 bridgehead atoms. The first-order valence-electron chi connectivity index (χ1n) is 7.75. The molecule has 8 heteroatoms. The number of amides is 1. The van der Waals surface area contributed by atoms with Crippen molar-refractivity contribution >= 4 is 51.6 Å². The first kappa shape index (κ1) is 17.3. The van der Waals surface area contributed by atoms with E-state index in [0.29, 0.717) is 18.7 Å². The van der Waals surface area contributed by atoms with Gasteiger partial charge in [0.25, 0.3) is 0 Å². The van der Waals surface area contributed by atoms with E-state index >= 15 is 0 Å². The summed E-state index contributed by atoms with van der Waals surface area (Å²) in [7, 11) is 0. The third kappa shape index (κ3) is 4.52. The minimum absolute atomic E-state index is 0.158. The van der Waals surface area contributed by atoms with Crippen molar-refractivity contribution in [3.63, 3.8) is 0 Å². The number of alkyl halides is 1. The summed E-state index contributed by atoms with van der Waals surface area (Å²) in [4.78, 5) is 13.2. The number of benzene rings is 2. The fraction of sp³-hybridized carbons (Fsp3) is 0.176. The molecule has 6 nitrogen and oxygen atoms in total. The Morgan fingerprint density at radius 2 is 1.88 bits per heavy atom. The number of para-hydroxylation sites is 1. The number of aromatic nitrogens is 3. The van der Waals surface area contributed by atoms with Gasteiger partial charge in [-0.25, -0.2) is 0 Å². The lowest BCUT2D eigenvalue weighted by atomic mass is 10.3. The second-order valence-electron chi connectivity index (χ2n) is 5.32. The maximum Gasteiger partial charge on any atom is 0.226 e. The Labute approximate surface area is 155 Å². The smallest absolute Gasteiger partial charge is 0.226 e. The first-order valence-corrected chi connectivity index (χ1v) is 8.69. The van der Waals surface area contributed by atoms with Crippen molar-refractivity contribution in [3.8, 4) is 5.69 Å². The van der Waals surface area contributed by atoms with Crippen LogP contribution in [0.4, 0.5) is 5.69 Å². The highest BCUT2D eigenvalue weighted by molar-refractivity contribution is 7.80. The molecule has 0 atom stereocenters. The van der Waals surface area contributed by atoms with Crippen LogP contribution in [-0.4, -0.2) is 31.9 Å². The lowest BCUT2D eigenvalue weighted by Gasteiger charge is -2.08. The molecule has 0 saturated heterocycles. The summed E-state index contributed by atoms with van der Waals surface area (Å²) < 4.78 is 0. The number of fused-ring (bicyclic) bond motifs is 1. The third-order valence-corrected chi connectivity index (χ3v) is 3.89. The van der Waals surface area contributed by atoms with E-state index in [4.69, 9.17) is 23.8 Å². The van der Waals surface area contributed by atoms with Gasteiger partial charge in [-0.05, 0) is 49.0 Å². The second kappa shape index (κ2) is 8.04. The first-order chi connectivity index (χ1) is 12.2. The van der Waals surface area contributed by atoms with Gasteiger partial charge in [0, 0.05) is 18.0 Å². The fourth-order valence-corrected chi connectivity index (χ4v) is 2.61. The highest BCUT2D eigenvalue weighted by atomic mass is 35.5. The van der Waals surface area contributed by atoms with Gasteiger partial charge in [-0.2, -0.15) is 4.80 Å². The molecule has 3 rings (SSSR count). The van der Waals surface area contributed by atoms with Crippen LogP contribution < -0.4 is 10.6 Å². The molecule has 0 aliphatic carbocycles. The zero-order valence-electron chi connectivity index (χ0n) is 13.3. The van der Waals surface area contributed by atoms with Gasteiger partial charge in [0.2, 0.25) is 5.91 Å². The maximum absolute atomic E-state index is 11.7. The van der Waals surface area contributed by atoms with Crippen LogP contribution in [0, 0.1) is 0 Å². The normalized spacial score (nSPS) is 10.6. The molecule has 0 unspecified atom stereocenters. The molecule has 2 N–H and O–H groups in total. The molecule has 0 fully saturated rings. The van der Waals surface area contributed by atoms with E-state index in [9.17, 15) is 4.79 Å². The molecule has 0 aliphatic heterocycles. The molecular weight excluding hydrogens is 358 g/mol. The quantitative estimate of drug-likeness (QED) is 0.530. The van der Waals surface area contributed by atoms with Crippen molar-refractivity contribution in [1.82, 2.24) is 20.3 Å². The summed E-state index contributed by atoms with van der Waals surface area (Å²) in [6.07, 6.45) is 0.959. The van der Waals surface area contributed by atoms with Gasteiger partial charge in [0.05, 0.1) is 5.69 Å². The number of carbonyl (C=O) groups is 1. The van der Waals surface area contributed by atoms with Crippen molar-refractivity contribution in [1.29, 1.82) is 0 Å². The van der Waals surface area contributed by atoms with Crippen molar-refractivity contribution in [2.75, 3.05) is 11.2 Å². The van der Waals surface area contributed by atoms with Crippen LogP contribution in [0.3, 0.4) is 0 Å². The second-order valence-corrected chi connectivity index (χ2v) is 6.11. The summed E-state index contributed by atoms with van der Waals surface area (Å²) >= 11 is 10.7. The van der Waals surface area contributed by atoms with E-state index < -0.39 is 0 Å². The largest absolute Gasteiger partial charge is 0.332 e. The van der Waals surface area contributed by atoms with Crippen molar-refractivity contribution in [3.05, 3.63) is 48.5 Å². The molecule has 25 heavy (non-hydrogen) atoms. The lowest BCUT2D eigenvalue weighted by molar-refractivity contribution is -0.119. The van der Waals surface area contributed by atoms with Gasteiger partial charge in [-0.3, -0.25) is 4.79 Å². The van der Waals surface area contributed by atoms with Crippen LogP contribution in [0.5, 0.6) is 0 Å². The minimum atomic E-state index is -0.158. The number of thiocarbonyl (C=S) groups is 1. The molecule has 1 heterocycles. The molecule has 0 saturated carbocycles. The molecule has 0 radical (unpaired) electrons. The summed E-state index contributed by atoms with van der Waals surface area (Å²) in [5, 5.41) is 14.8. The molecule has 128 valence electrons. The predicted molar refractivity (Wildman–Crippen MR) is 103 cm³/mol. The Morgan fingerprint density at radius 3 is 2.64 bits per heavy atom. The fourth-order valence-electron chi connectivity index (χ4n) is 2.25. The molecule has 1 amide bonds. The van der Waals surface area contributed by atoms with Crippen LogP contribution in [-0.2, 0) is 4.79 Å². The summed E-state index contributed by atoms with van der Waals surface area (Å²) in [6.45, 7) is 0. The Bertz CT molecular complexity index is 896. The zero-order chi connectivity index (χ0) is 17.6. The van der Waals surface area contributed by atoms with Gasteiger partial charge >= 0.3 is 0 Å². The molecule has 0 spiro atoms. The van der Waals surface area contributed by atoms with Gasteiger partial charge in [0.15, 0.2) is 5.11 Å². The maximum atomic E-state index is 11.7. The highest BCUT2D eigenvalue weighted by Crippen LogP contribution is 2.17. The topological polar surface area (TPSA) is 71.8 Å². The summed E-state index contributed by atoms with van der Waals surface area (Å²) in [5.74, 6) is 0.288. The number of hydrogen-bond donors (Lipinski definition) is 2. The molecule has 2 aromatic carbocycles. The predicted octanol–water partition coefficient (Wildman–Crippen LogP) is 3.25. The number of anilines is 1. The Hall–Kier alpha value is -2.51. The van der Waals surface area contributed by atoms with E-state index in [-0.39, 0.29) is 11.0 Å². The average Bonchev–Trinajstić information content (AvgIpc) is 3.04. The zero-order valence-corrected chi connectivity index (χ0v) is 14.8. The molecular formula is C17H16ClN5OS. The van der Waals surface area contributed by atoms with Crippen LogP contribution in [0.1, 0.15) is 12.8 Å². The standard InChI is InChI=1S/C17H16ClN5OS/c18-10-4-7-16(24)20-17(25)19-12-8-9-14-15(11-12)22-23(21-14)13-5-2-1-3-6-13/h1-3,5-6,8-9,11H,4,7,10H2,(H2,19,20,24,25). The Balaban J connectivity index is 1.71. The third-order valence-electron chi connectivity index (χ3n) is 3.42. The van der Waals surface area contributed by atoms with Crippen LogP contribution >= 0.6 is 23.8 Å². The molecule has 1 aromatic heterocycles. The molecule has 3 aromatic rings. The van der Waals surface area contributed by atoms with E-state index in [2.05, 4.69) is 20.8 Å². The van der Waals surface area contributed by atoms with E-state index in [1.165, 1.54) is 0 Å². The highest BCUT2D eigenvalue weighted by Gasteiger charge is 2.08. The summed E-state index contributed by atoms with van der Waals surface area (Å²) in [5.41, 5.74) is 3.11. The number of hydrogen-bond acceptors (Lipinski definition) is 4. The Morgan fingerprint density at radius 1 is 1.12 bits per heavy atom. The van der Waals surface area contributed by atoms with Gasteiger partial charge < -0.3 is 10.6 Å². The van der Waals surface area contributed by atoms with Crippen molar-refractivity contribution in [2.24, 2.45) is 0 Å². The average molecular weight is 374 g/mol. The van der Waals surface area contributed by atoms with Crippen molar-refractivity contribution in [2.45, 2.75) is 12.8 Å². The van der Waals surface area contributed by atoms with E-state index in [1.54, 1.807) is 4.80 Å². The van der Waals surface area contributed by atoms with E-state index in [1.807, 2.05) is 48.5 Å². The monoisotopic (exact) mass is 373 g/mol. The number of nitrogens with zero attached hydrogens (tertiary/aromatic N) is 3. The number of rotatable bonds is 5. The van der Waals surface area contributed by atoms with Crippen LogP contribution in [0.15, 0.2) is 48.5 Å². The van der Waals surface area contributed by atoms with Crippen molar-refractivity contribution < 1.29 is 4.79 Å². The van der Waals surface area contributed by atoms with Gasteiger partial charge in [-0.15, -0.1) is 21.8 Å². The van der Waals surface area contributed by atoms with E-state index in [0.717, 1.165) is 22.4 Å². The van der Waals surface area contributed by atoms with Crippen LogP contribution in [0.2, 0.25) is 0 Å². The molecule has 0 aliphatic rings.